The molecule has 2 heterocycles. The topological polar surface area (TPSA) is 67.3 Å². The van der Waals surface area contributed by atoms with E-state index in [0.717, 1.165) is 0 Å². The molecule has 2 rings (SSSR count). The van der Waals surface area contributed by atoms with E-state index in [1.54, 1.807) is 24.8 Å². The molecule has 2 aromatic rings. The van der Waals surface area contributed by atoms with Gasteiger partial charge in [0.2, 0.25) is 0 Å². The maximum absolute atomic E-state index is 3.53. The van der Waals surface area contributed by atoms with E-state index < -0.39 is 0 Å². The summed E-state index contributed by atoms with van der Waals surface area (Å²) in [5.74, 6) is 0. The van der Waals surface area contributed by atoms with E-state index in [-0.39, 0.29) is 0 Å². The Bertz CT molecular complexity index is 197. The second-order valence-corrected chi connectivity index (χ2v) is 1.57. The van der Waals surface area contributed by atoms with Gasteiger partial charge in [-0.15, -0.1) is 0 Å². The molecular weight excluding hydrogens is 142 g/mol. The SMILES string of the molecule is c1ccnnc1.c1cn[nH]n1. The summed E-state index contributed by atoms with van der Waals surface area (Å²) in [6, 6.07) is 3.65. The number of hydrogen-bond acceptors (Lipinski definition) is 4. The third kappa shape index (κ3) is 3.74. The Balaban J connectivity index is 0.000000112. The lowest BCUT2D eigenvalue weighted by molar-refractivity contribution is 0.940. The molecule has 56 valence electrons. The van der Waals surface area contributed by atoms with E-state index in [1.165, 1.54) is 0 Å². The van der Waals surface area contributed by atoms with Gasteiger partial charge in [-0.1, -0.05) is 0 Å². The van der Waals surface area contributed by atoms with Gasteiger partial charge in [-0.2, -0.15) is 25.6 Å². The molecule has 2 aromatic heterocycles. The van der Waals surface area contributed by atoms with Gasteiger partial charge in [-0.25, -0.2) is 0 Å². The molecule has 0 aliphatic rings. The van der Waals surface area contributed by atoms with Crippen LogP contribution in [-0.4, -0.2) is 25.6 Å². The number of nitrogens with one attached hydrogen (secondary N) is 1. The predicted molar refractivity (Wildman–Crippen MR) is 38.4 cm³/mol. The van der Waals surface area contributed by atoms with Crippen LogP contribution in [0.2, 0.25) is 0 Å². The Kier molecular flexibility index (Phi) is 3.36. The first-order valence-corrected chi connectivity index (χ1v) is 3.01. The van der Waals surface area contributed by atoms with E-state index in [1.807, 2.05) is 12.1 Å². The highest BCUT2D eigenvalue weighted by Crippen LogP contribution is 1.68. The summed E-state index contributed by atoms with van der Waals surface area (Å²) in [6.07, 6.45) is 6.44. The zero-order valence-electron chi connectivity index (χ0n) is 5.75. The third-order valence-corrected chi connectivity index (χ3v) is 0.814. The summed E-state index contributed by atoms with van der Waals surface area (Å²) in [7, 11) is 0. The smallest absolute Gasteiger partial charge is 0.0690 e. The molecule has 0 atom stereocenters. The minimum atomic E-state index is 1.58. The maximum atomic E-state index is 3.53. The van der Waals surface area contributed by atoms with Gasteiger partial charge in [-0.3, -0.25) is 0 Å². The van der Waals surface area contributed by atoms with Crippen LogP contribution in [0.25, 0.3) is 0 Å². The minimum Gasteiger partial charge on any atom is -0.198 e. The van der Waals surface area contributed by atoms with Crippen molar-refractivity contribution in [2.45, 2.75) is 0 Å². The van der Waals surface area contributed by atoms with E-state index in [9.17, 15) is 0 Å². The van der Waals surface area contributed by atoms with Crippen LogP contribution in [0.1, 0.15) is 0 Å². The van der Waals surface area contributed by atoms with Crippen LogP contribution in [0, 0.1) is 0 Å². The average molecular weight is 149 g/mol. The normalized spacial score (nSPS) is 8.00. The molecule has 0 saturated carbocycles. The summed E-state index contributed by atoms with van der Waals surface area (Å²) >= 11 is 0. The Morgan fingerprint density at radius 1 is 0.727 bits per heavy atom. The van der Waals surface area contributed by atoms with Gasteiger partial charge in [0.25, 0.3) is 0 Å². The number of aromatic nitrogens is 5. The lowest BCUT2D eigenvalue weighted by Crippen LogP contribution is -1.69. The van der Waals surface area contributed by atoms with Crippen molar-refractivity contribution in [2.75, 3.05) is 0 Å². The summed E-state index contributed by atoms with van der Waals surface area (Å²) in [5, 5.41) is 16.4. The Morgan fingerprint density at radius 2 is 1.27 bits per heavy atom. The van der Waals surface area contributed by atoms with Gasteiger partial charge < -0.3 is 0 Å². The van der Waals surface area contributed by atoms with Gasteiger partial charge >= 0.3 is 0 Å². The van der Waals surface area contributed by atoms with Crippen LogP contribution >= 0.6 is 0 Å². The molecule has 0 spiro atoms. The number of rotatable bonds is 0. The molecule has 0 unspecified atom stereocenters. The van der Waals surface area contributed by atoms with Gasteiger partial charge in [0.1, 0.15) is 0 Å². The maximum Gasteiger partial charge on any atom is 0.0690 e. The van der Waals surface area contributed by atoms with Crippen LogP contribution in [0.5, 0.6) is 0 Å². The Morgan fingerprint density at radius 3 is 1.45 bits per heavy atom. The summed E-state index contributed by atoms with van der Waals surface area (Å²) in [6.45, 7) is 0. The first-order valence-electron chi connectivity index (χ1n) is 3.01. The van der Waals surface area contributed by atoms with Crippen LogP contribution in [0.3, 0.4) is 0 Å². The van der Waals surface area contributed by atoms with Crippen LogP contribution in [0.4, 0.5) is 0 Å². The predicted octanol–water partition coefficient (Wildman–Crippen LogP) is 0.281. The van der Waals surface area contributed by atoms with Crippen molar-refractivity contribution >= 4 is 0 Å². The molecule has 5 nitrogen and oxygen atoms in total. The zero-order chi connectivity index (χ0) is 7.78. The molecule has 0 aliphatic heterocycles. The van der Waals surface area contributed by atoms with Crippen molar-refractivity contribution in [3.8, 4) is 0 Å². The molecule has 0 aromatic carbocycles. The first-order chi connectivity index (χ1) is 5.50. The van der Waals surface area contributed by atoms with Gasteiger partial charge in [0, 0.05) is 12.4 Å². The lowest BCUT2D eigenvalue weighted by Gasteiger charge is -1.69. The molecule has 5 heteroatoms. The van der Waals surface area contributed by atoms with Crippen LogP contribution in [-0.2, 0) is 0 Å². The number of hydrogen-bond donors (Lipinski definition) is 1. The summed E-state index contributed by atoms with van der Waals surface area (Å²) in [5.41, 5.74) is 0. The standard InChI is InChI=1S/C4H4N2.C2H3N3/c1-2-4-6-5-3-1;1-2-4-5-3-1/h1-4H;1-2H,(H,3,4,5). The molecular formula is C6H7N5. The molecule has 1 N–H and O–H groups in total. The fraction of sp³-hybridized carbons (Fsp3) is 0. The second-order valence-electron chi connectivity index (χ2n) is 1.57. The van der Waals surface area contributed by atoms with E-state index in [4.69, 9.17) is 0 Å². The lowest BCUT2D eigenvalue weighted by atomic mass is 10.6. The monoisotopic (exact) mass is 149 g/mol. The van der Waals surface area contributed by atoms with Crippen LogP contribution in [0.15, 0.2) is 36.9 Å². The highest BCUT2D eigenvalue weighted by atomic mass is 15.3. The number of aromatic amines is 1. The quantitative estimate of drug-likeness (QED) is 0.584. The van der Waals surface area contributed by atoms with Crippen molar-refractivity contribution < 1.29 is 0 Å². The molecule has 0 radical (unpaired) electrons. The van der Waals surface area contributed by atoms with Gasteiger partial charge in [0.15, 0.2) is 0 Å². The van der Waals surface area contributed by atoms with Gasteiger partial charge in [-0.05, 0) is 12.1 Å². The van der Waals surface area contributed by atoms with Gasteiger partial charge in [0.05, 0.1) is 12.4 Å². The molecule has 0 bridgehead atoms. The van der Waals surface area contributed by atoms with Crippen molar-refractivity contribution in [2.24, 2.45) is 0 Å². The molecule has 0 fully saturated rings. The second kappa shape index (κ2) is 5.04. The van der Waals surface area contributed by atoms with E-state index in [2.05, 4.69) is 25.6 Å². The highest BCUT2D eigenvalue weighted by molar-refractivity contribution is 4.79. The molecule has 0 saturated heterocycles. The molecule has 11 heavy (non-hydrogen) atoms. The Hall–Kier alpha value is -1.78. The fourth-order valence-corrected chi connectivity index (χ4v) is 0.420. The van der Waals surface area contributed by atoms with E-state index >= 15 is 0 Å². The first kappa shape index (κ1) is 7.33. The van der Waals surface area contributed by atoms with Crippen molar-refractivity contribution in [3.63, 3.8) is 0 Å². The fourth-order valence-electron chi connectivity index (χ4n) is 0.420. The van der Waals surface area contributed by atoms with Crippen molar-refractivity contribution in [1.29, 1.82) is 0 Å². The van der Waals surface area contributed by atoms with E-state index in [0.29, 0.717) is 0 Å². The van der Waals surface area contributed by atoms with Crippen molar-refractivity contribution in [1.82, 2.24) is 25.6 Å². The molecule has 0 aliphatic carbocycles. The number of nitrogens with zero attached hydrogens (tertiary/aromatic N) is 4. The third-order valence-electron chi connectivity index (χ3n) is 0.814. The average Bonchev–Trinajstić information content (AvgIpc) is 2.64. The number of H-pyrrole nitrogens is 1. The zero-order valence-corrected chi connectivity index (χ0v) is 5.75. The highest BCUT2D eigenvalue weighted by Gasteiger charge is 1.59. The molecule has 0 amide bonds. The summed E-state index contributed by atoms with van der Waals surface area (Å²) < 4.78 is 0. The van der Waals surface area contributed by atoms with Crippen molar-refractivity contribution in [3.05, 3.63) is 36.9 Å². The largest absolute Gasteiger partial charge is 0.198 e. The summed E-state index contributed by atoms with van der Waals surface area (Å²) in [4.78, 5) is 0. The Labute approximate surface area is 63.5 Å². The minimum absolute atomic E-state index is 1.58. The van der Waals surface area contributed by atoms with Crippen LogP contribution < -0.4 is 0 Å².